The van der Waals surface area contributed by atoms with Crippen molar-refractivity contribution in [2.24, 2.45) is 5.73 Å². The number of nitrogens with zero attached hydrogens (tertiary/aromatic N) is 3. The molecule has 0 atom stereocenters. The topological polar surface area (TPSA) is 65.8 Å². The normalized spacial score (nSPS) is 12.1. The maximum Gasteiger partial charge on any atom is 0.346 e. The molecule has 0 aliphatic carbocycles. The van der Waals surface area contributed by atoms with Crippen molar-refractivity contribution in [2.75, 3.05) is 6.54 Å². The van der Waals surface area contributed by atoms with Crippen LogP contribution in [0.5, 0.6) is 0 Å². The van der Waals surface area contributed by atoms with Gasteiger partial charge in [0, 0.05) is 11.4 Å². The van der Waals surface area contributed by atoms with Crippen LogP contribution in [0.3, 0.4) is 0 Å². The Morgan fingerprint density at radius 3 is 2.95 bits per heavy atom. The van der Waals surface area contributed by atoms with Gasteiger partial charge >= 0.3 is 5.69 Å². The highest BCUT2D eigenvalue weighted by atomic mass is 79.9. The number of nitrogens with two attached hydrogens (primary N) is 1. The van der Waals surface area contributed by atoms with E-state index in [4.69, 9.17) is 5.73 Å². The fraction of sp³-hybridized carbons (Fsp3) is 0.273. The van der Waals surface area contributed by atoms with Gasteiger partial charge in [-0.05, 0) is 33.6 Å². The summed E-state index contributed by atoms with van der Waals surface area (Å²) >= 11 is 4.92. The lowest BCUT2D eigenvalue weighted by molar-refractivity contribution is 0.604. The van der Waals surface area contributed by atoms with Gasteiger partial charge in [-0.25, -0.2) is 13.9 Å². The molecule has 0 bridgehead atoms. The molecule has 0 saturated carbocycles. The Bertz CT molecular complexity index is 645. The first-order valence-corrected chi connectivity index (χ1v) is 7.09. The van der Waals surface area contributed by atoms with Crippen LogP contribution in [0.2, 0.25) is 0 Å². The molecule has 19 heavy (non-hydrogen) atoms. The lowest BCUT2D eigenvalue weighted by atomic mass is 10.3. The molecule has 2 rings (SSSR count). The van der Waals surface area contributed by atoms with Crippen molar-refractivity contribution < 1.29 is 4.39 Å². The van der Waals surface area contributed by atoms with Crippen LogP contribution in [0, 0.1) is 0 Å². The van der Waals surface area contributed by atoms with Gasteiger partial charge in [0.2, 0.25) is 0 Å². The molecule has 2 heterocycles. The Morgan fingerprint density at radius 1 is 1.58 bits per heavy atom. The summed E-state index contributed by atoms with van der Waals surface area (Å²) in [5.74, 6) is 0. The smallest absolute Gasteiger partial charge is 0.327 e. The molecule has 0 fully saturated rings. The summed E-state index contributed by atoms with van der Waals surface area (Å²) in [6, 6.07) is 3.86. The van der Waals surface area contributed by atoms with Crippen LogP contribution >= 0.6 is 27.3 Å². The van der Waals surface area contributed by atoms with E-state index >= 15 is 0 Å². The minimum absolute atomic E-state index is 0.0632. The highest BCUT2D eigenvalue weighted by Crippen LogP contribution is 2.22. The first kappa shape index (κ1) is 14.2. The van der Waals surface area contributed by atoms with Crippen molar-refractivity contribution in [3.05, 3.63) is 49.5 Å². The molecule has 2 aromatic rings. The molecular weight excluding hydrogens is 335 g/mol. The number of halogens is 2. The second-order valence-electron chi connectivity index (χ2n) is 3.88. The van der Waals surface area contributed by atoms with Gasteiger partial charge in [-0.1, -0.05) is 0 Å². The van der Waals surface area contributed by atoms with Gasteiger partial charge in [0.1, 0.15) is 6.33 Å². The molecule has 8 heteroatoms. The van der Waals surface area contributed by atoms with E-state index in [0.29, 0.717) is 18.4 Å². The van der Waals surface area contributed by atoms with Crippen molar-refractivity contribution in [1.82, 2.24) is 14.3 Å². The second kappa shape index (κ2) is 6.27. The SMILES string of the molecule is NC/C(=C/F)Cn1ncn(Cc2ccc(Br)s2)c1=O. The van der Waals surface area contributed by atoms with E-state index in [1.54, 1.807) is 11.3 Å². The average Bonchev–Trinajstić information content (AvgIpc) is 2.96. The van der Waals surface area contributed by atoms with Gasteiger partial charge < -0.3 is 5.73 Å². The highest BCUT2D eigenvalue weighted by Gasteiger charge is 2.08. The van der Waals surface area contributed by atoms with Crippen LogP contribution in [0.4, 0.5) is 4.39 Å². The predicted molar refractivity (Wildman–Crippen MR) is 75.9 cm³/mol. The molecular formula is C11H12BrFN4OS. The third-order valence-electron chi connectivity index (χ3n) is 2.52. The lowest BCUT2D eigenvalue weighted by Gasteiger charge is -2.01. The van der Waals surface area contributed by atoms with Crippen molar-refractivity contribution in [2.45, 2.75) is 13.1 Å². The predicted octanol–water partition coefficient (Wildman–Crippen LogP) is 1.73. The van der Waals surface area contributed by atoms with Crippen LogP contribution in [0.15, 0.2) is 38.9 Å². The summed E-state index contributed by atoms with van der Waals surface area (Å²) in [7, 11) is 0. The van der Waals surface area contributed by atoms with Crippen molar-refractivity contribution in [1.29, 1.82) is 0 Å². The monoisotopic (exact) mass is 346 g/mol. The van der Waals surface area contributed by atoms with Crippen molar-refractivity contribution >= 4 is 27.3 Å². The summed E-state index contributed by atoms with van der Waals surface area (Å²) < 4.78 is 16.1. The molecule has 0 aliphatic heterocycles. The largest absolute Gasteiger partial charge is 0.346 e. The molecule has 0 spiro atoms. The minimum atomic E-state index is -0.280. The maximum atomic E-state index is 12.4. The number of thiophene rings is 1. The number of aromatic nitrogens is 3. The first-order chi connectivity index (χ1) is 9.13. The molecule has 0 radical (unpaired) electrons. The molecule has 0 unspecified atom stereocenters. The third kappa shape index (κ3) is 3.40. The van der Waals surface area contributed by atoms with Crippen molar-refractivity contribution in [3.8, 4) is 0 Å². The van der Waals surface area contributed by atoms with E-state index in [9.17, 15) is 9.18 Å². The summed E-state index contributed by atoms with van der Waals surface area (Å²) in [6.07, 6.45) is 1.87. The third-order valence-corrected chi connectivity index (χ3v) is 4.13. The van der Waals surface area contributed by atoms with Crippen LogP contribution in [-0.4, -0.2) is 20.9 Å². The summed E-state index contributed by atoms with van der Waals surface area (Å²) in [5.41, 5.74) is 5.40. The summed E-state index contributed by atoms with van der Waals surface area (Å²) in [5, 5.41) is 3.95. The van der Waals surface area contributed by atoms with Crippen LogP contribution < -0.4 is 11.4 Å². The molecule has 0 aliphatic rings. The van der Waals surface area contributed by atoms with Crippen LogP contribution in [-0.2, 0) is 13.1 Å². The van der Waals surface area contributed by atoms with Gasteiger partial charge in [0.15, 0.2) is 0 Å². The Balaban J connectivity index is 2.16. The first-order valence-electron chi connectivity index (χ1n) is 5.48. The van der Waals surface area contributed by atoms with E-state index in [2.05, 4.69) is 21.0 Å². The molecule has 102 valence electrons. The van der Waals surface area contributed by atoms with Gasteiger partial charge in [-0.3, -0.25) is 4.57 Å². The minimum Gasteiger partial charge on any atom is -0.327 e. The molecule has 0 aromatic carbocycles. The van der Waals surface area contributed by atoms with Crippen molar-refractivity contribution in [3.63, 3.8) is 0 Å². The van der Waals surface area contributed by atoms with E-state index in [1.165, 1.54) is 15.6 Å². The van der Waals surface area contributed by atoms with Crippen LogP contribution in [0.25, 0.3) is 0 Å². The quantitative estimate of drug-likeness (QED) is 0.896. The summed E-state index contributed by atoms with van der Waals surface area (Å²) in [4.78, 5) is 13.0. The van der Waals surface area contributed by atoms with Gasteiger partial charge in [0.25, 0.3) is 0 Å². The van der Waals surface area contributed by atoms with Gasteiger partial charge in [-0.15, -0.1) is 11.3 Å². The summed E-state index contributed by atoms with van der Waals surface area (Å²) in [6.45, 7) is 0.590. The van der Waals surface area contributed by atoms with E-state index in [1.807, 2.05) is 12.1 Å². The van der Waals surface area contributed by atoms with E-state index in [0.717, 1.165) is 8.66 Å². The molecule has 2 N–H and O–H groups in total. The fourth-order valence-corrected chi connectivity index (χ4v) is 3.01. The Kier molecular flexibility index (Phi) is 4.67. The Labute approximate surface area is 121 Å². The molecule has 0 saturated heterocycles. The Hall–Kier alpha value is -1.25. The standard InChI is InChI=1S/C11H12BrFN4OS/c12-10-2-1-9(19-10)6-16-7-15-17(11(16)18)5-8(3-13)4-14/h1-3,7H,4-6,14H2/b8-3-. The zero-order valence-electron chi connectivity index (χ0n) is 9.92. The van der Waals surface area contributed by atoms with Crippen LogP contribution in [0.1, 0.15) is 4.88 Å². The second-order valence-corrected chi connectivity index (χ2v) is 6.42. The number of hydrogen-bond donors (Lipinski definition) is 1. The zero-order valence-corrected chi connectivity index (χ0v) is 12.3. The molecule has 2 aromatic heterocycles. The highest BCUT2D eigenvalue weighted by molar-refractivity contribution is 9.11. The molecule has 0 amide bonds. The number of rotatable bonds is 5. The zero-order chi connectivity index (χ0) is 13.8. The number of hydrogen-bond acceptors (Lipinski definition) is 4. The fourth-order valence-electron chi connectivity index (χ4n) is 1.53. The van der Waals surface area contributed by atoms with Gasteiger partial charge in [0.05, 0.1) is 23.2 Å². The molecule has 5 nitrogen and oxygen atoms in total. The average molecular weight is 347 g/mol. The Morgan fingerprint density at radius 2 is 2.37 bits per heavy atom. The van der Waals surface area contributed by atoms with E-state index in [-0.39, 0.29) is 18.8 Å². The maximum absolute atomic E-state index is 12.4. The van der Waals surface area contributed by atoms with E-state index < -0.39 is 0 Å². The van der Waals surface area contributed by atoms with Gasteiger partial charge in [-0.2, -0.15) is 5.10 Å². The lowest BCUT2D eigenvalue weighted by Crippen LogP contribution is -2.26.